The molecule has 62 heavy (non-hydrogen) atoms. The predicted octanol–water partition coefficient (Wildman–Crippen LogP) is 13.5. The van der Waals surface area contributed by atoms with Gasteiger partial charge in [-0.2, -0.15) is 13.2 Å². The Kier molecular flexibility index (Phi) is 9.27. The Balaban J connectivity index is 0.00000458. The van der Waals surface area contributed by atoms with Crippen LogP contribution in [0.15, 0.2) is 170 Å². The van der Waals surface area contributed by atoms with E-state index in [9.17, 15) is 13.2 Å². The van der Waals surface area contributed by atoms with E-state index in [1.165, 1.54) is 17.2 Å². The number of nitrogens with zero attached hydrogens (tertiary/aromatic N) is 4. The second-order valence-electron chi connectivity index (χ2n) is 16.8. The third-order valence-electron chi connectivity index (χ3n) is 12.3. The molecule has 8 heteroatoms. The number of aromatic nitrogens is 4. The van der Waals surface area contributed by atoms with E-state index in [4.69, 9.17) is 15.0 Å². The molecule has 4 nitrogen and oxygen atoms in total. The van der Waals surface area contributed by atoms with Crippen LogP contribution in [0.3, 0.4) is 0 Å². The molecule has 3 heterocycles. The first-order valence-corrected chi connectivity index (χ1v) is 20.4. The van der Waals surface area contributed by atoms with Crippen LogP contribution in [0.5, 0.6) is 0 Å². The average Bonchev–Trinajstić information content (AvgIpc) is 3.95. The summed E-state index contributed by atoms with van der Waals surface area (Å²) in [7, 11) is 0. The molecular weight excluding hydrogens is 957 g/mol. The number of para-hydroxylation sites is 3. The Morgan fingerprint density at radius 2 is 1.37 bits per heavy atom. The van der Waals surface area contributed by atoms with E-state index >= 15 is 0 Å². The van der Waals surface area contributed by atoms with Crippen LogP contribution >= 0.6 is 0 Å². The molecule has 304 valence electrons. The van der Waals surface area contributed by atoms with Crippen molar-refractivity contribution >= 4 is 32.8 Å². The normalized spacial score (nSPS) is 14.9. The van der Waals surface area contributed by atoms with Crippen LogP contribution in [0.1, 0.15) is 54.3 Å². The molecule has 0 aliphatic heterocycles. The van der Waals surface area contributed by atoms with Crippen LogP contribution in [-0.2, 0) is 38.1 Å². The van der Waals surface area contributed by atoms with Crippen molar-refractivity contribution < 1.29 is 34.2 Å². The minimum absolute atomic E-state index is 0. The molecule has 1 aliphatic rings. The Labute approximate surface area is 371 Å². The summed E-state index contributed by atoms with van der Waals surface area (Å²) in [6.07, 6.45) is -2.72. The van der Waals surface area contributed by atoms with Gasteiger partial charge in [-0.15, -0.1) is 46.4 Å². The van der Waals surface area contributed by atoms with Crippen LogP contribution in [-0.4, -0.2) is 14.5 Å². The summed E-state index contributed by atoms with van der Waals surface area (Å²) in [4.78, 5) is 15.3. The quantitative estimate of drug-likeness (QED) is 0.161. The molecule has 11 rings (SSSR count). The molecule has 0 bridgehead atoms. The van der Waals surface area contributed by atoms with Crippen molar-refractivity contribution in [3.05, 3.63) is 210 Å². The summed E-state index contributed by atoms with van der Waals surface area (Å²) in [5.41, 5.74) is 11.4. The summed E-state index contributed by atoms with van der Waals surface area (Å²) in [6.45, 7) is 6.72. The van der Waals surface area contributed by atoms with Crippen LogP contribution in [0, 0.1) is 6.07 Å². The average molecular weight is 994 g/mol. The Morgan fingerprint density at radius 1 is 0.645 bits per heavy atom. The number of hydrogen-bond donors (Lipinski definition) is 0. The van der Waals surface area contributed by atoms with Gasteiger partial charge in [0.1, 0.15) is 5.82 Å². The van der Waals surface area contributed by atoms with Crippen molar-refractivity contribution in [1.29, 1.82) is 0 Å². The molecule has 0 spiro atoms. The number of hydrogen-bond acceptors (Lipinski definition) is 2. The maximum absolute atomic E-state index is 14.7. The number of pyridine rings is 1. The van der Waals surface area contributed by atoms with E-state index in [-0.39, 0.29) is 37.4 Å². The smallest absolute Gasteiger partial charge is 0.656 e. The number of fused-ring (bicyclic) bond motifs is 7. The van der Waals surface area contributed by atoms with E-state index in [1.807, 2.05) is 71.4 Å². The molecule has 0 saturated carbocycles. The van der Waals surface area contributed by atoms with E-state index < -0.39 is 17.2 Å². The number of imidazole rings is 1. The minimum atomic E-state index is -4.58. The van der Waals surface area contributed by atoms with Crippen molar-refractivity contribution in [2.75, 3.05) is 0 Å². The Hall–Kier alpha value is -6.56. The third-order valence-corrected chi connectivity index (χ3v) is 12.3. The van der Waals surface area contributed by atoms with Crippen molar-refractivity contribution in [2.45, 2.75) is 37.8 Å². The van der Waals surface area contributed by atoms with E-state index in [1.54, 1.807) is 24.3 Å². The van der Waals surface area contributed by atoms with E-state index in [0.29, 0.717) is 27.8 Å². The SMILES string of the molecule is CC(C)(C)c1ccc2c(c1)-c1ccccc1C2(c1[c-]c(-c2cccc3c2nc(-c2ccc(C(F)(F)F)c4c2[n-]c2ccccc24)n3-c2ccccc2)ccc1)c1ccccn1.[Pt+2]. The molecule has 0 radical (unpaired) electrons. The van der Waals surface area contributed by atoms with Gasteiger partial charge in [0.25, 0.3) is 0 Å². The predicted molar refractivity (Wildman–Crippen MR) is 238 cm³/mol. The van der Waals surface area contributed by atoms with Crippen molar-refractivity contribution in [2.24, 2.45) is 0 Å². The minimum Gasteiger partial charge on any atom is -0.656 e. The molecular formula is C54H37F3N4Pt. The number of alkyl halides is 3. The van der Waals surface area contributed by atoms with Crippen molar-refractivity contribution in [3.63, 3.8) is 0 Å². The fraction of sp³-hybridized carbons (Fsp3) is 0.111. The number of benzene rings is 7. The van der Waals surface area contributed by atoms with Crippen molar-refractivity contribution in [3.8, 4) is 39.3 Å². The first kappa shape index (κ1) is 39.6. The van der Waals surface area contributed by atoms with Gasteiger partial charge in [-0.3, -0.25) is 9.55 Å². The van der Waals surface area contributed by atoms with Gasteiger partial charge in [0.05, 0.1) is 27.7 Å². The van der Waals surface area contributed by atoms with Crippen LogP contribution in [0.2, 0.25) is 0 Å². The molecule has 0 fully saturated rings. The van der Waals surface area contributed by atoms with Gasteiger partial charge in [0.2, 0.25) is 0 Å². The first-order valence-electron chi connectivity index (χ1n) is 20.4. The molecule has 1 atom stereocenters. The van der Waals surface area contributed by atoms with E-state index in [2.05, 4.69) is 93.6 Å². The van der Waals surface area contributed by atoms with Gasteiger partial charge in [-0.05, 0) is 80.4 Å². The first-order chi connectivity index (χ1) is 29.5. The second kappa shape index (κ2) is 14.5. The fourth-order valence-corrected chi connectivity index (χ4v) is 9.52. The molecule has 0 saturated heterocycles. The van der Waals surface area contributed by atoms with Crippen molar-refractivity contribution in [1.82, 2.24) is 19.5 Å². The monoisotopic (exact) mass is 993 g/mol. The summed E-state index contributed by atoms with van der Waals surface area (Å²) in [6, 6.07) is 57.3. The molecule has 0 amide bonds. The topological polar surface area (TPSA) is 44.8 Å². The summed E-state index contributed by atoms with van der Waals surface area (Å²) >= 11 is 0. The third kappa shape index (κ3) is 5.93. The van der Waals surface area contributed by atoms with Gasteiger partial charge in [-0.1, -0.05) is 136 Å². The molecule has 1 unspecified atom stereocenters. The van der Waals surface area contributed by atoms with Gasteiger partial charge >= 0.3 is 27.2 Å². The zero-order valence-corrected chi connectivity index (χ0v) is 36.2. The Bertz CT molecular complexity index is 3340. The molecule has 3 aromatic heterocycles. The molecule has 0 N–H and O–H groups in total. The molecule has 7 aromatic carbocycles. The maximum Gasteiger partial charge on any atom is 2.00 e. The number of halogens is 3. The number of rotatable bonds is 5. The van der Waals surface area contributed by atoms with Crippen LogP contribution in [0.4, 0.5) is 13.2 Å². The summed E-state index contributed by atoms with van der Waals surface area (Å²) in [5.74, 6) is 0.490. The Morgan fingerprint density at radius 3 is 2.16 bits per heavy atom. The van der Waals surface area contributed by atoms with Crippen LogP contribution < -0.4 is 4.98 Å². The zero-order chi connectivity index (χ0) is 41.7. The van der Waals surface area contributed by atoms with Crippen LogP contribution in [0.25, 0.3) is 72.2 Å². The zero-order valence-electron chi connectivity index (χ0n) is 33.9. The van der Waals surface area contributed by atoms with Gasteiger partial charge in [-0.25, -0.2) is 4.98 Å². The summed E-state index contributed by atoms with van der Waals surface area (Å²) in [5, 5.41) is 0.521. The largest absolute Gasteiger partial charge is 2.00 e. The van der Waals surface area contributed by atoms with Gasteiger partial charge in [0, 0.05) is 17.4 Å². The second-order valence-corrected chi connectivity index (χ2v) is 16.8. The van der Waals surface area contributed by atoms with Gasteiger partial charge in [0.15, 0.2) is 0 Å². The molecule has 1 aliphatic carbocycles. The van der Waals surface area contributed by atoms with E-state index in [0.717, 1.165) is 56.3 Å². The summed E-state index contributed by atoms with van der Waals surface area (Å²) < 4.78 is 46.0. The van der Waals surface area contributed by atoms with Gasteiger partial charge < -0.3 is 4.98 Å². The fourth-order valence-electron chi connectivity index (χ4n) is 9.52. The standard InChI is InChI=1S/C54H37F3N4.Pt/c1-52(2,3)34-26-28-43-41(32-34)38-19-7-9-22-42(38)53(43,47-25-11-12-30-58-47)35-16-13-15-33(31-35)37-21-14-24-46-49(37)60-51(61(46)36-17-5-4-6-18-36)40-27-29-44(54(55,56)57)48-39-20-8-10-23-45(39)59-50(40)48;/h4-30,32H,1-3H3;/q-2;+2. The maximum atomic E-state index is 14.7. The molecule has 10 aromatic rings.